The Labute approximate surface area is 100 Å². The predicted octanol–water partition coefficient (Wildman–Crippen LogP) is 1.45. The van der Waals surface area contributed by atoms with E-state index in [9.17, 15) is 4.79 Å². The minimum absolute atomic E-state index is 0.372. The van der Waals surface area contributed by atoms with Gasteiger partial charge in [-0.05, 0) is 37.8 Å². The largest absolute Gasteiger partial charge is 0.350 e. The van der Waals surface area contributed by atoms with E-state index in [1.807, 2.05) is 18.2 Å². The van der Waals surface area contributed by atoms with Crippen LogP contribution in [0.25, 0.3) is 0 Å². The maximum Gasteiger partial charge on any atom is 0.332 e. The highest BCUT2D eigenvalue weighted by Crippen LogP contribution is 2.25. The molecule has 1 atom stereocenters. The first-order valence-electron chi connectivity index (χ1n) is 5.77. The maximum atomic E-state index is 10.6. The third kappa shape index (κ3) is 3.27. The van der Waals surface area contributed by atoms with Gasteiger partial charge in [-0.3, -0.25) is 4.98 Å². The first-order chi connectivity index (χ1) is 8.25. The lowest BCUT2D eigenvalue weighted by molar-refractivity contribution is 0.249. The van der Waals surface area contributed by atoms with Crippen LogP contribution in [-0.4, -0.2) is 16.7 Å². The van der Waals surface area contributed by atoms with Gasteiger partial charge in [0.15, 0.2) is 0 Å². The molecule has 1 saturated carbocycles. The highest BCUT2D eigenvalue weighted by molar-refractivity contribution is 5.89. The standard InChI is InChI=1S/C12H16N4O/c13-12(17)16-15-11-6-3-4-9(11)8-10-5-1-2-7-14-10/h1-2,5,7,9H,3-4,6,8H2,(H3,13,16,17)/b15-11-. The number of nitrogens with one attached hydrogen (secondary N) is 1. The molecule has 1 aromatic rings. The summed E-state index contributed by atoms with van der Waals surface area (Å²) in [6.07, 6.45) is 5.80. The molecule has 1 fully saturated rings. The first-order valence-corrected chi connectivity index (χ1v) is 5.77. The number of hydrogen-bond acceptors (Lipinski definition) is 3. The number of pyridine rings is 1. The fourth-order valence-corrected chi connectivity index (χ4v) is 2.17. The quantitative estimate of drug-likeness (QED) is 0.773. The van der Waals surface area contributed by atoms with E-state index >= 15 is 0 Å². The van der Waals surface area contributed by atoms with Gasteiger partial charge in [0.2, 0.25) is 0 Å². The van der Waals surface area contributed by atoms with Crippen molar-refractivity contribution in [1.82, 2.24) is 10.4 Å². The van der Waals surface area contributed by atoms with Gasteiger partial charge >= 0.3 is 6.03 Å². The van der Waals surface area contributed by atoms with E-state index in [-0.39, 0.29) is 0 Å². The molecule has 0 spiro atoms. The van der Waals surface area contributed by atoms with Crippen LogP contribution in [0.1, 0.15) is 25.0 Å². The summed E-state index contributed by atoms with van der Waals surface area (Å²) in [6.45, 7) is 0. The van der Waals surface area contributed by atoms with E-state index in [1.165, 1.54) is 0 Å². The molecule has 1 unspecified atom stereocenters. The molecule has 5 nitrogen and oxygen atoms in total. The van der Waals surface area contributed by atoms with Gasteiger partial charge < -0.3 is 5.73 Å². The maximum absolute atomic E-state index is 10.6. The molecular weight excluding hydrogens is 216 g/mol. The Balaban J connectivity index is 2.00. The zero-order valence-corrected chi connectivity index (χ0v) is 9.60. The molecule has 0 bridgehead atoms. The smallest absolute Gasteiger partial charge is 0.332 e. The Morgan fingerprint density at radius 2 is 2.47 bits per heavy atom. The van der Waals surface area contributed by atoms with Crippen molar-refractivity contribution in [3.05, 3.63) is 30.1 Å². The average Bonchev–Trinajstić information content (AvgIpc) is 2.75. The van der Waals surface area contributed by atoms with Gasteiger partial charge in [0.25, 0.3) is 0 Å². The van der Waals surface area contributed by atoms with Crippen LogP contribution in [0, 0.1) is 5.92 Å². The number of urea groups is 1. The summed E-state index contributed by atoms with van der Waals surface area (Å²) in [5.41, 5.74) is 9.39. The Hall–Kier alpha value is -1.91. The molecule has 2 amide bonds. The normalized spacial score (nSPS) is 21.6. The monoisotopic (exact) mass is 232 g/mol. The van der Waals surface area contributed by atoms with E-state index in [0.717, 1.165) is 37.1 Å². The molecule has 1 aliphatic rings. The molecular formula is C12H16N4O. The van der Waals surface area contributed by atoms with Gasteiger partial charge in [0.05, 0.1) is 0 Å². The lowest BCUT2D eigenvalue weighted by Crippen LogP contribution is -2.26. The van der Waals surface area contributed by atoms with E-state index in [4.69, 9.17) is 5.73 Å². The van der Waals surface area contributed by atoms with E-state index in [0.29, 0.717) is 5.92 Å². The Morgan fingerprint density at radius 1 is 1.59 bits per heavy atom. The molecule has 0 radical (unpaired) electrons. The van der Waals surface area contributed by atoms with Crippen molar-refractivity contribution in [2.45, 2.75) is 25.7 Å². The second-order valence-electron chi connectivity index (χ2n) is 4.19. The number of nitrogens with two attached hydrogens (primary N) is 1. The van der Waals surface area contributed by atoms with Crippen LogP contribution in [0.4, 0.5) is 4.79 Å². The molecule has 1 heterocycles. The summed E-state index contributed by atoms with van der Waals surface area (Å²) in [7, 11) is 0. The highest BCUT2D eigenvalue weighted by Gasteiger charge is 2.23. The number of rotatable bonds is 3. The van der Waals surface area contributed by atoms with Crippen LogP contribution in [0.3, 0.4) is 0 Å². The van der Waals surface area contributed by atoms with E-state index in [1.54, 1.807) is 6.20 Å². The number of primary amides is 1. The van der Waals surface area contributed by atoms with Crippen molar-refractivity contribution in [1.29, 1.82) is 0 Å². The van der Waals surface area contributed by atoms with Crippen molar-refractivity contribution in [3.8, 4) is 0 Å². The number of carbonyl (C=O) groups excluding carboxylic acids is 1. The average molecular weight is 232 g/mol. The third-order valence-corrected chi connectivity index (χ3v) is 2.95. The minimum Gasteiger partial charge on any atom is -0.350 e. The van der Waals surface area contributed by atoms with Crippen molar-refractivity contribution in [3.63, 3.8) is 0 Å². The van der Waals surface area contributed by atoms with E-state index < -0.39 is 6.03 Å². The molecule has 0 aliphatic heterocycles. The SMILES string of the molecule is NC(=O)N/N=C1/CCCC1Cc1ccccn1. The van der Waals surface area contributed by atoms with Gasteiger partial charge in [0, 0.05) is 23.5 Å². The molecule has 3 N–H and O–H groups in total. The molecule has 0 saturated heterocycles. The Kier molecular flexibility index (Phi) is 3.69. The number of nitrogens with zero attached hydrogens (tertiary/aromatic N) is 2. The summed E-state index contributed by atoms with van der Waals surface area (Å²) >= 11 is 0. The zero-order valence-electron chi connectivity index (χ0n) is 9.60. The molecule has 90 valence electrons. The Morgan fingerprint density at radius 3 is 3.18 bits per heavy atom. The molecule has 1 aliphatic carbocycles. The third-order valence-electron chi connectivity index (χ3n) is 2.95. The predicted molar refractivity (Wildman–Crippen MR) is 65.4 cm³/mol. The van der Waals surface area contributed by atoms with Crippen molar-refractivity contribution in [2.75, 3.05) is 0 Å². The van der Waals surface area contributed by atoms with Gasteiger partial charge in [-0.1, -0.05) is 6.07 Å². The molecule has 1 aromatic heterocycles. The van der Waals surface area contributed by atoms with Crippen LogP contribution < -0.4 is 11.2 Å². The number of hydrogen-bond donors (Lipinski definition) is 2. The van der Waals surface area contributed by atoms with Crippen molar-refractivity contribution in [2.24, 2.45) is 16.8 Å². The number of amides is 2. The van der Waals surface area contributed by atoms with E-state index in [2.05, 4.69) is 15.5 Å². The number of hydrazone groups is 1. The fraction of sp³-hybridized carbons (Fsp3) is 0.417. The van der Waals surface area contributed by atoms with Crippen LogP contribution in [0.2, 0.25) is 0 Å². The lowest BCUT2D eigenvalue weighted by atomic mass is 10.00. The lowest BCUT2D eigenvalue weighted by Gasteiger charge is -2.10. The highest BCUT2D eigenvalue weighted by atomic mass is 16.2. The van der Waals surface area contributed by atoms with Crippen molar-refractivity contribution < 1.29 is 4.79 Å². The Bertz CT molecular complexity index is 416. The van der Waals surface area contributed by atoms with Crippen LogP contribution in [0.15, 0.2) is 29.5 Å². The first kappa shape index (κ1) is 11.6. The summed E-state index contributed by atoms with van der Waals surface area (Å²) in [5, 5.41) is 4.06. The molecule has 0 aromatic carbocycles. The zero-order chi connectivity index (χ0) is 12.1. The van der Waals surface area contributed by atoms with Gasteiger partial charge in [-0.25, -0.2) is 10.2 Å². The minimum atomic E-state index is -0.610. The van der Waals surface area contributed by atoms with Gasteiger partial charge in [-0.2, -0.15) is 5.10 Å². The van der Waals surface area contributed by atoms with Gasteiger partial charge in [0.1, 0.15) is 0 Å². The van der Waals surface area contributed by atoms with Crippen LogP contribution >= 0.6 is 0 Å². The van der Waals surface area contributed by atoms with Crippen molar-refractivity contribution >= 4 is 11.7 Å². The van der Waals surface area contributed by atoms with Crippen LogP contribution in [-0.2, 0) is 6.42 Å². The molecule has 5 heteroatoms. The van der Waals surface area contributed by atoms with Crippen LogP contribution in [0.5, 0.6) is 0 Å². The summed E-state index contributed by atoms with van der Waals surface area (Å²) in [6, 6.07) is 5.29. The second kappa shape index (κ2) is 5.43. The number of aromatic nitrogens is 1. The second-order valence-corrected chi connectivity index (χ2v) is 4.19. The summed E-state index contributed by atoms with van der Waals surface area (Å²) < 4.78 is 0. The summed E-state index contributed by atoms with van der Waals surface area (Å²) in [4.78, 5) is 14.9. The molecule has 17 heavy (non-hydrogen) atoms. The van der Waals surface area contributed by atoms with Gasteiger partial charge in [-0.15, -0.1) is 0 Å². The topological polar surface area (TPSA) is 80.4 Å². The summed E-state index contributed by atoms with van der Waals surface area (Å²) in [5.74, 6) is 0.372. The molecule has 2 rings (SSSR count). The fourth-order valence-electron chi connectivity index (χ4n) is 2.17. The number of carbonyl (C=O) groups is 1.